The quantitative estimate of drug-likeness (QED) is 0.818. The van der Waals surface area contributed by atoms with Gasteiger partial charge in [0.15, 0.2) is 0 Å². The molecule has 3 N–H and O–H groups in total. The minimum absolute atomic E-state index is 0.206. The lowest BCUT2D eigenvalue weighted by Gasteiger charge is -2.06. The maximum atomic E-state index is 13.6. The van der Waals surface area contributed by atoms with Crippen LogP contribution in [-0.4, -0.2) is 11.8 Å². The Balaban J connectivity index is 2.15. The van der Waals surface area contributed by atoms with Crippen LogP contribution >= 0.6 is 15.9 Å². The molecule has 112 valence electrons. The number of benzene rings is 2. The molecule has 0 spiro atoms. The number of carbonyl (C=O) groups excluding carboxylic acids is 2. The van der Waals surface area contributed by atoms with Crippen molar-refractivity contribution in [1.29, 1.82) is 0 Å². The third-order valence-corrected chi connectivity index (χ3v) is 3.32. The van der Waals surface area contributed by atoms with Crippen molar-refractivity contribution in [2.45, 2.75) is 0 Å². The highest BCUT2D eigenvalue weighted by Crippen LogP contribution is 2.17. The molecule has 0 bridgehead atoms. The number of rotatable bonds is 4. The third-order valence-electron chi connectivity index (χ3n) is 2.82. The van der Waals surface area contributed by atoms with E-state index in [0.717, 1.165) is 0 Å². The fraction of sp³-hybridized carbons (Fsp3) is 0. The smallest absolute Gasteiger partial charge is 0.250 e. The van der Waals surface area contributed by atoms with Crippen molar-refractivity contribution in [1.82, 2.24) is 0 Å². The minimum atomic E-state index is -0.641. The Bertz CT molecular complexity index is 760. The molecule has 22 heavy (non-hydrogen) atoms. The van der Waals surface area contributed by atoms with Gasteiger partial charge in [-0.15, -0.1) is 0 Å². The zero-order valence-electron chi connectivity index (χ0n) is 11.3. The second kappa shape index (κ2) is 7.00. The number of nitrogens with one attached hydrogen (secondary N) is 1. The Hall–Kier alpha value is -2.47. The van der Waals surface area contributed by atoms with Crippen molar-refractivity contribution < 1.29 is 14.0 Å². The Morgan fingerprint density at radius 1 is 1.18 bits per heavy atom. The van der Waals surface area contributed by atoms with Gasteiger partial charge in [-0.1, -0.05) is 28.1 Å². The maximum Gasteiger partial charge on any atom is 0.250 e. The Morgan fingerprint density at radius 2 is 1.91 bits per heavy atom. The largest absolute Gasteiger partial charge is 0.366 e. The number of anilines is 1. The van der Waals surface area contributed by atoms with Gasteiger partial charge in [-0.25, -0.2) is 4.39 Å². The summed E-state index contributed by atoms with van der Waals surface area (Å²) in [5.74, 6) is -1.57. The SMILES string of the molecule is NC(=O)c1ccccc1NC(=O)/C=C/c1cc(Br)ccc1F. The molecule has 0 saturated heterocycles. The monoisotopic (exact) mass is 362 g/mol. The molecule has 0 aromatic heterocycles. The van der Waals surface area contributed by atoms with Crippen LogP contribution in [0.4, 0.5) is 10.1 Å². The van der Waals surface area contributed by atoms with Crippen LogP contribution in [0.5, 0.6) is 0 Å². The predicted molar refractivity (Wildman–Crippen MR) is 86.7 cm³/mol. The van der Waals surface area contributed by atoms with E-state index >= 15 is 0 Å². The summed E-state index contributed by atoms with van der Waals surface area (Å²) >= 11 is 3.23. The highest BCUT2D eigenvalue weighted by Gasteiger charge is 2.08. The van der Waals surface area contributed by atoms with Crippen molar-refractivity contribution in [3.8, 4) is 0 Å². The van der Waals surface area contributed by atoms with Crippen LogP contribution in [0.1, 0.15) is 15.9 Å². The van der Waals surface area contributed by atoms with Crippen LogP contribution in [-0.2, 0) is 4.79 Å². The Morgan fingerprint density at radius 3 is 2.64 bits per heavy atom. The molecule has 2 aromatic carbocycles. The van der Waals surface area contributed by atoms with E-state index in [1.807, 2.05) is 0 Å². The standard InChI is InChI=1S/C16H12BrFN2O2/c17-11-6-7-13(18)10(9-11)5-8-15(21)20-14-4-2-1-3-12(14)16(19)22/h1-9H,(H2,19,22)(H,20,21)/b8-5+. The van der Waals surface area contributed by atoms with Crippen LogP contribution in [0.2, 0.25) is 0 Å². The second-order valence-corrected chi connectivity index (χ2v) is 5.31. The van der Waals surface area contributed by atoms with E-state index in [9.17, 15) is 14.0 Å². The van der Waals surface area contributed by atoms with Gasteiger partial charge in [0.1, 0.15) is 5.82 Å². The fourth-order valence-electron chi connectivity index (χ4n) is 1.79. The molecule has 2 aromatic rings. The molecule has 0 unspecified atom stereocenters. The highest BCUT2D eigenvalue weighted by molar-refractivity contribution is 9.10. The van der Waals surface area contributed by atoms with Crippen molar-refractivity contribution in [2.24, 2.45) is 5.73 Å². The van der Waals surface area contributed by atoms with Crippen molar-refractivity contribution in [3.63, 3.8) is 0 Å². The lowest BCUT2D eigenvalue weighted by molar-refractivity contribution is -0.111. The first-order chi connectivity index (χ1) is 10.5. The average Bonchev–Trinajstić information content (AvgIpc) is 2.48. The third kappa shape index (κ3) is 4.02. The van der Waals surface area contributed by atoms with Gasteiger partial charge in [-0.2, -0.15) is 0 Å². The molecule has 0 aliphatic heterocycles. The first kappa shape index (κ1) is 15.9. The lowest BCUT2D eigenvalue weighted by Crippen LogP contribution is -2.16. The van der Waals surface area contributed by atoms with E-state index in [1.54, 1.807) is 30.3 Å². The number of primary amides is 1. The van der Waals surface area contributed by atoms with Gasteiger partial charge in [-0.05, 0) is 36.4 Å². The zero-order valence-corrected chi connectivity index (χ0v) is 12.9. The van der Waals surface area contributed by atoms with Gasteiger partial charge in [-0.3, -0.25) is 9.59 Å². The molecule has 4 nitrogen and oxygen atoms in total. The molecule has 0 radical (unpaired) electrons. The molecule has 6 heteroatoms. The lowest BCUT2D eigenvalue weighted by atomic mass is 10.1. The molecule has 0 fully saturated rings. The number of hydrogen-bond acceptors (Lipinski definition) is 2. The zero-order chi connectivity index (χ0) is 16.1. The summed E-state index contributed by atoms with van der Waals surface area (Å²) in [6.45, 7) is 0. The molecule has 2 rings (SSSR count). The molecular weight excluding hydrogens is 351 g/mol. The van der Waals surface area contributed by atoms with Crippen LogP contribution in [0, 0.1) is 5.82 Å². The number of para-hydroxylation sites is 1. The maximum absolute atomic E-state index is 13.6. The molecular formula is C16H12BrFN2O2. The van der Waals surface area contributed by atoms with E-state index in [4.69, 9.17) is 5.73 Å². The van der Waals surface area contributed by atoms with E-state index in [0.29, 0.717) is 10.2 Å². The van der Waals surface area contributed by atoms with E-state index in [2.05, 4.69) is 21.2 Å². The topological polar surface area (TPSA) is 72.2 Å². The van der Waals surface area contributed by atoms with Gasteiger partial charge >= 0.3 is 0 Å². The second-order valence-electron chi connectivity index (χ2n) is 4.40. The van der Waals surface area contributed by atoms with Crippen molar-refractivity contribution in [3.05, 3.63) is 70.0 Å². The molecule has 2 amide bonds. The Kier molecular flexibility index (Phi) is 5.06. The van der Waals surface area contributed by atoms with Gasteiger partial charge in [0.05, 0.1) is 11.3 Å². The van der Waals surface area contributed by atoms with Gasteiger partial charge < -0.3 is 11.1 Å². The van der Waals surface area contributed by atoms with Crippen molar-refractivity contribution >= 4 is 39.5 Å². The first-order valence-electron chi connectivity index (χ1n) is 6.30. The number of amides is 2. The summed E-state index contributed by atoms with van der Waals surface area (Å²) in [7, 11) is 0. The van der Waals surface area contributed by atoms with Crippen LogP contribution < -0.4 is 11.1 Å². The molecule has 0 aliphatic rings. The summed E-state index contributed by atoms with van der Waals surface area (Å²) < 4.78 is 14.3. The summed E-state index contributed by atoms with van der Waals surface area (Å²) in [6, 6.07) is 10.8. The number of halogens is 2. The normalized spacial score (nSPS) is 10.6. The van der Waals surface area contributed by atoms with Crippen LogP contribution in [0.25, 0.3) is 6.08 Å². The highest BCUT2D eigenvalue weighted by atomic mass is 79.9. The van der Waals surface area contributed by atoms with E-state index in [1.165, 1.54) is 24.3 Å². The van der Waals surface area contributed by atoms with Gasteiger partial charge in [0, 0.05) is 16.1 Å². The molecule has 0 saturated carbocycles. The summed E-state index contributed by atoms with van der Waals surface area (Å²) in [6.07, 6.45) is 2.53. The van der Waals surface area contributed by atoms with Crippen LogP contribution in [0.15, 0.2) is 53.0 Å². The number of nitrogens with two attached hydrogens (primary N) is 1. The van der Waals surface area contributed by atoms with E-state index < -0.39 is 17.6 Å². The summed E-state index contributed by atoms with van der Waals surface area (Å²) in [5.41, 5.74) is 6.01. The minimum Gasteiger partial charge on any atom is -0.366 e. The van der Waals surface area contributed by atoms with Gasteiger partial charge in [0.2, 0.25) is 5.91 Å². The van der Waals surface area contributed by atoms with E-state index in [-0.39, 0.29) is 11.1 Å². The average molecular weight is 363 g/mol. The predicted octanol–water partition coefficient (Wildman–Crippen LogP) is 3.34. The summed E-state index contributed by atoms with van der Waals surface area (Å²) in [4.78, 5) is 23.1. The molecule has 0 aliphatic carbocycles. The van der Waals surface area contributed by atoms with Gasteiger partial charge in [0.25, 0.3) is 5.91 Å². The first-order valence-corrected chi connectivity index (χ1v) is 7.09. The summed E-state index contributed by atoms with van der Waals surface area (Å²) in [5, 5.41) is 2.54. The molecule has 0 heterocycles. The number of carbonyl (C=O) groups is 2. The van der Waals surface area contributed by atoms with Crippen LogP contribution in [0.3, 0.4) is 0 Å². The Labute approximate surface area is 135 Å². The van der Waals surface area contributed by atoms with Crippen molar-refractivity contribution in [2.75, 3.05) is 5.32 Å². The number of hydrogen-bond donors (Lipinski definition) is 2. The fourth-order valence-corrected chi connectivity index (χ4v) is 2.17. The molecule has 0 atom stereocenters.